The number of amides is 9. The van der Waals surface area contributed by atoms with Gasteiger partial charge in [0.15, 0.2) is 0 Å². The summed E-state index contributed by atoms with van der Waals surface area (Å²) >= 11 is 0. The van der Waals surface area contributed by atoms with Crippen LogP contribution in [0, 0.1) is 0 Å². The molecule has 0 saturated carbocycles. The van der Waals surface area contributed by atoms with Gasteiger partial charge in [0.2, 0.25) is 47.3 Å². The Morgan fingerprint density at radius 1 is 0.625 bits per heavy atom. The molecule has 3 aromatic carbocycles. The third-order valence-corrected chi connectivity index (χ3v) is 11.0. The molecule has 0 unspecified atom stereocenters. The Hall–Kier alpha value is -7.43. The minimum atomic E-state index is -1.57. The van der Waals surface area contributed by atoms with Crippen LogP contribution in [0.25, 0.3) is 0 Å². The molecule has 3 aromatic rings. The SMILES string of the molecule is C[C@@H](OCc1ccccc1)[C@H](NC(=O)[C@H](CC(N)=O)NC(=O)OC(C)(C)C)C(=O)NCC(=O)N[C@@H](COCc1ccccc1)C(=O)NCC(=O)N[C@H](C(=O)N1CCC[C@H]1C(N)=O)[C@@H](C)OCc1ccccc1. The molecule has 7 atom stereocenters. The Kier molecular flexibility index (Phi) is 22.6. The molecule has 22 nitrogen and oxygen atoms in total. The molecule has 0 bridgehead atoms. The maximum absolute atomic E-state index is 13.9. The molecule has 10 N–H and O–H groups in total. The highest BCUT2D eigenvalue weighted by atomic mass is 16.6. The van der Waals surface area contributed by atoms with Gasteiger partial charge in [-0.15, -0.1) is 0 Å². The lowest BCUT2D eigenvalue weighted by molar-refractivity contribution is -0.144. The molecule has 1 aliphatic heterocycles. The van der Waals surface area contributed by atoms with E-state index in [9.17, 15) is 43.2 Å². The number of likely N-dealkylation sites (tertiary alicyclic amines) is 1. The number of hydrogen-bond donors (Lipinski definition) is 8. The predicted octanol–water partition coefficient (Wildman–Crippen LogP) is 0.346. The molecule has 1 saturated heterocycles. The van der Waals surface area contributed by atoms with Gasteiger partial charge in [-0.3, -0.25) is 38.4 Å². The van der Waals surface area contributed by atoms with Crippen molar-refractivity contribution in [2.45, 2.75) is 122 Å². The van der Waals surface area contributed by atoms with Crippen LogP contribution in [-0.2, 0) is 77.1 Å². The maximum atomic E-state index is 13.9. The summed E-state index contributed by atoms with van der Waals surface area (Å²) in [4.78, 5) is 120. The van der Waals surface area contributed by atoms with Crippen LogP contribution in [0.2, 0.25) is 0 Å². The number of primary amides is 2. The Labute approximate surface area is 418 Å². The first-order valence-corrected chi connectivity index (χ1v) is 23.5. The topological polar surface area (TPSA) is 318 Å². The fourth-order valence-corrected chi connectivity index (χ4v) is 7.28. The summed E-state index contributed by atoms with van der Waals surface area (Å²) in [6.07, 6.45) is -2.79. The average Bonchev–Trinajstić information content (AvgIpc) is 3.85. The molecule has 0 radical (unpaired) electrons. The molecule has 1 aliphatic rings. The monoisotopic (exact) mass is 1000 g/mol. The molecule has 4 rings (SSSR count). The second-order valence-electron chi connectivity index (χ2n) is 18.1. The summed E-state index contributed by atoms with van der Waals surface area (Å²) < 4.78 is 23.0. The van der Waals surface area contributed by atoms with Crippen LogP contribution in [0.15, 0.2) is 91.0 Å². The van der Waals surface area contributed by atoms with Crippen molar-refractivity contribution >= 4 is 53.4 Å². The van der Waals surface area contributed by atoms with Crippen LogP contribution in [-0.4, -0.2) is 133 Å². The van der Waals surface area contributed by atoms with Crippen molar-refractivity contribution in [2.75, 3.05) is 26.2 Å². The van der Waals surface area contributed by atoms with E-state index in [1.807, 2.05) is 30.3 Å². The van der Waals surface area contributed by atoms with Gasteiger partial charge in [-0.2, -0.15) is 0 Å². The third kappa shape index (κ3) is 19.8. The molecule has 9 amide bonds. The summed E-state index contributed by atoms with van der Waals surface area (Å²) in [5, 5.41) is 14.8. The van der Waals surface area contributed by atoms with Crippen LogP contribution >= 0.6 is 0 Å². The van der Waals surface area contributed by atoms with Crippen LogP contribution < -0.4 is 43.4 Å². The van der Waals surface area contributed by atoms with E-state index in [1.54, 1.807) is 88.4 Å². The van der Waals surface area contributed by atoms with Crippen molar-refractivity contribution < 1.29 is 62.1 Å². The van der Waals surface area contributed by atoms with Crippen LogP contribution in [0.3, 0.4) is 0 Å². The van der Waals surface area contributed by atoms with Crippen molar-refractivity contribution in [1.29, 1.82) is 0 Å². The lowest BCUT2D eigenvalue weighted by Gasteiger charge is -2.31. The quantitative estimate of drug-likeness (QED) is 0.0512. The average molecular weight is 1000 g/mol. The van der Waals surface area contributed by atoms with Gasteiger partial charge in [-0.1, -0.05) is 91.0 Å². The molecule has 22 heteroatoms. The molecule has 0 aromatic heterocycles. The molecular formula is C50H67N9O13. The first kappa shape index (κ1) is 57.2. The van der Waals surface area contributed by atoms with E-state index in [0.717, 1.165) is 16.7 Å². The van der Waals surface area contributed by atoms with E-state index < -0.39 is 127 Å². The maximum Gasteiger partial charge on any atom is 0.408 e. The normalized spacial score (nSPS) is 15.8. The van der Waals surface area contributed by atoms with Gasteiger partial charge in [-0.05, 0) is 64.2 Å². The summed E-state index contributed by atoms with van der Waals surface area (Å²) in [5.74, 6) is -6.70. The number of carbonyl (C=O) groups excluding carboxylic acids is 9. The van der Waals surface area contributed by atoms with Crippen molar-refractivity contribution in [1.82, 2.24) is 36.8 Å². The number of benzene rings is 3. The Bertz CT molecular complexity index is 2300. The Morgan fingerprint density at radius 3 is 1.64 bits per heavy atom. The van der Waals surface area contributed by atoms with Crippen molar-refractivity contribution in [3.8, 4) is 0 Å². The standard InChI is InChI=1S/C50H67N9O13/c1-31(70-28-34-18-11-7-12-19-34)42(58-46(65)36(24-39(51)60)56-49(68)72-50(3,4)5)47(66)54-25-40(61)55-37(30-69-27-33-16-9-6-10-17-33)45(64)53-26-41(62)57-43(32(2)71-29-35-20-13-8-14-21-35)48(67)59-23-15-22-38(59)44(52)63/h6-14,16-21,31-32,36-38,42-43H,15,22-30H2,1-5H3,(H2,51,60)(H2,52,63)(H,53,64)(H,54,66)(H,55,61)(H,56,68)(H,57,62)(H,58,65)/t31-,32-,36+,37+,38+,42+,43+/m1/s1. The van der Waals surface area contributed by atoms with Gasteiger partial charge >= 0.3 is 6.09 Å². The van der Waals surface area contributed by atoms with Gasteiger partial charge in [0.1, 0.15) is 35.8 Å². The lowest BCUT2D eigenvalue weighted by Crippen LogP contribution is -2.59. The van der Waals surface area contributed by atoms with Crippen molar-refractivity contribution in [2.24, 2.45) is 11.5 Å². The second-order valence-corrected chi connectivity index (χ2v) is 18.1. The number of ether oxygens (including phenoxy) is 4. The summed E-state index contributed by atoms with van der Waals surface area (Å²) in [5.41, 5.74) is 12.3. The largest absolute Gasteiger partial charge is 0.444 e. The molecule has 1 fully saturated rings. The lowest BCUT2D eigenvalue weighted by atomic mass is 10.1. The number of rotatable bonds is 27. The van der Waals surface area contributed by atoms with Crippen LogP contribution in [0.5, 0.6) is 0 Å². The smallest absolute Gasteiger partial charge is 0.408 e. The predicted molar refractivity (Wildman–Crippen MR) is 260 cm³/mol. The minimum absolute atomic E-state index is 0.00699. The van der Waals surface area contributed by atoms with E-state index >= 15 is 0 Å². The molecule has 72 heavy (non-hydrogen) atoms. The van der Waals surface area contributed by atoms with E-state index in [-0.39, 0.29) is 26.4 Å². The van der Waals surface area contributed by atoms with Gasteiger partial charge in [0.05, 0.1) is 58.1 Å². The molecule has 1 heterocycles. The number of hydrogen-bond acceptors (Lipinski definition) is 13. The van der Waals surface area contributed by atoms with E-state index in [1.165, 1.54) is 11.8 Å². The minimum Gasteiger partial charge on any atom is -0.444 e. The third-order valence-electron chi connectivity index (χ3n) is 11.0. The summed E-state index contributed by atoms with van der Waals surface area (Å²) in [6, 6.07) is 20.3. The van der Waals surface area contributed by atoms with E-state index in [2.05, 4.69) is 31.9 Å². The molecule has 390 valence electrons. The second kappa shape index (κ2) is 28.4. The number of nitrogens with zero attached hydrogens (tertiary/aromatic N) is 1. The molecule has 0 spiro atoms. The highest BCUT2D eigenvalue weighted by Crippen LogP contribution is 2.20. The van der Waals surface area contributed by atoms with E-state index in [0.29, 0.717) is 12.8 Å². The van der Waals surface area contributed by atoms with Gasteiger partial charge in [-0.25, -0.2) is 4.79 Å². The van der Waals surface area contributed by atoms with Crippen molar-refractivity contribution in [3.05, 3.63) is 108 Å². The zero-order valence-electron chi connectivity index (χ0n) is 41.2. The first-order chi connectivity index (χ1) is 34.2. The first-order valence-electron chi connectivity index (χ1n) is 23.5. The van der Waals surface area contributed by atoms with Gasteiger partial charge in [0.25, 0.3) is 0 Å². The number of nitrogens with one attached hydrogen (secondary N) is 6. The fraction of sp³-hybridized carbons (Fsp3) is 0.460. The van der Waals surface area contributed by atoms with Crippen LogP contribution in [0.4, 0.5) is 4.79 Å². The number of carbonyl (C=O) groups is 9. The van der Waals surface area contributed by atoms with Gasteiger partial charge in [0, 0.05) is 6.54 Å². The van der Waals surface area contributed by atoms with Crippen LogP contribution in [0.1, 0.15) is 70.6 Å². The Morgan fingerprint density at radius 2 is 1.12 bits per heavy atom. The number of alkyl carbamates (subject to hydrolysis) is 1. The number of nitrogens with two attached hydrogens (primary N) is 2. The van der Waals surface area contributed by atoms with Crippen molar-refractivity contribution in [3.63, 3.8) is 0 Å². The molecular weight excluding hydrogens is 935 g/mol. The zero-order chi connectivity index (χ0) is 52.8. The highest BCUT2D eigenvalue weighted by molar-refractivity contribution is 5.97. The molecule has 0 aliphatic carbocycles. The zero-order valence-corrected chi connectivity index (χ0v) is 41.2. The summed E-state index contributed by atoms with van der Waals surface area (Å²) in [6.45, 7) is 6.42. The highest BCUT2D eigenvalue weighted by Gasteiger charge is 2.39. The van der Waals surface area contributed by atoms with E-state index in [4.69, 9.17) is 30.4 Å². The summed E-state index contributed by atoms with van der Waals surface area (Å²) in [7, 11) is 0. The van der Waals surface area contributed by atoms with Gasteiger partial charge < -0.3 is 67.2 Å². The Balaban J connectivity index is 1.47. The fourth-order valence-electron chi connectivity index (χ4n) is 7.28.